The van der Waals surface area contributed by atoms with Crippen LogP contribution in [-0.4, -0.2) is 104 Å². The number of carboxylic acid groups (broad SMARTS) is 4. The Morgan fingerprint density at radius 1 is 0.606 bits per heavy atom. The maximum Gasteiger partial charge on any atom is 0.336 e. The zero-order chi connectivity index (χ0) is 26.1. The molecule has 13 nitrogen and oxygen atoms in total. The van der Waals surface area contributed by atoms with Gasteiger partial charge in [-0.1, -0.05) is 12.1 Å². The van der Waals surface area contributed by atoms with E-state index < -0.39 is 23.9 Å². The number of carbonyl (C=O) groups is 4. The Morgan fingerprint density at radius 3 is 1.15 bits per heavy atom. The van der Waals surface area contributed by atoms with E-state index in [0.717, 1.165) is 0 Å². The second-order valence-corrected chi connectivity index (χ2v) is 5.66. The average molecular weight is 480 g/mol. The number of aliphatic hydroxyl groups excluding tert-OH is 4. The molecule has 1 aromatic carbocycles. The van der Waals surface area contributed by atoms with E-state index in [1.165, 1.54) is 24.3 Å². The van der Waals surface area contributed by atoms with Crippen molar-refractivity contribution in [1.82, 2.24) is 0 Å². The van der Waals surface area contributed by atoms with Gasteiger partial charge in [0.1, 0.15) is 0 Å². The molecule has 0 atom stereocenters. The summed E-state index contributed by atoms with van der Waals surface area (Å²) >= 11 is 0. The van der Waals surface area contributed by atoms with Gasteiger partial charge in [0.15, 0.2) is 0 Å². The van der Waals surface area contributed by atoms with Crippen LogP contribution in [0.4, 0.5) is 0 Å². The second kappa shape index (κ2) is 25.2. The first-order chi connectivity index (χ1) is 15.6. The number of carboxylic acids is 4. The number of rotatable bonds is 12. The van der Waals surface area contributed by atoms with Crippen LogP contribution >= 0.6 is 0 Å². The first kappa shape index (κ1) is 34.5. The zero-order valence-electron chi connectivity index (χ0n) is 18.0. The molecule has 190 valence electrons. The van der Waals surface area contributed by atoms with Crippen LogP contribution in [0.1, 0.15) is 46.4 Å². The van der Waals surface area contributed by atoms with Gasteiger partial charge in [0.25, 0.3) is 0 Å². The number of aromatic carboxylic acids is 2. The van der Waals surface area contributed by atoms with Crippen molar-refractivity contribution in [3.8, 4) is 0 Å². The summed E-state index contributed by atoms with van der Waals surface area (Å²) in [6, 6.07) is 5.48. The first-order valence-electron chi connectivity index (χ1n) is 9.59. The van der Waals surface area contributed by atoms with Crippen LogP contribution < -0.4 is 0 Å². The van der Waals surface area contributed by atoms with Crippen LogP contribution in [0.15, 0.2) is 24.3 Å². The van der Waals surface area contributed by atoms with Gasteiger partial charge >= 0.3 is 23.9 Å². The fourth-order valence-corrected chi connectivity index (χ4v) is 1.64. The van der Waals surface area contributed by atoms with Gasteiger partial charge < -0.3 is 45.6 Å². The van der Waals surface area contributed by atoms with Crippen LogP contribution in [0.3, 0.4) is 0 Å². The average Bonchev–Trinajstić information content (AvgIpc) is 2.78. The zero-order valence-corrected chi connectivity index (χ0v) is 18.0. The highest BCUT2D eigenvalue weighted by molar-refractivity contribution is 6.01. The van der Waals surface area contributed by atoms with E-state index >= 15 is 0 Å². The number of ether oxygens (including phenoxy) is 1. The Kier molecular flexibility index (Phi) is 26.3. The monoisotopic (exact) mass is 480 g/mol. The van der Waals surface area contributed by atoms with Crippen molar-refractivity contribution in [2.24, 2.45) is 0 Å². The number of hydrogen-bond acceptors (Lipinski definition) is 9. The van der Waals surface area contributed by atoms with Crippen molar-refractivity contribution >= 4 is 23.9 Å². The van der Waals surface area contributed by atoms with E-state index in [0.29, 0.717) is 26.1 Å². The van der Waals surface area contributed by atoms with Crippen LogP contribution in [-0.2, 0) is 14.3 Å². The maximum atomic E-state index is 10.5. The molecule has 0 heterocycles. The second-order valence-electron chi connectivity index (χ2n) is 5.66. The normalized spacial score (nSPS) is 9.09. The molecule has 13 heteroatoms. The Morgan fingerprint density at radius 2 is 0.939 bits per heavy atom. The molecule has 0 aliphatic carbocycles. The van der Waals surface area contributed by atoms with Crippen LogP contribution in [0.5, 0.6) is 0 Å². The molecule has 0 saturated heterocycles. The topological polar surface area (TPSA) is 239 Å². The van der Waals surface area contributed by atoms with E-state index in [4.69, 9.17) is 40.9 Å². The highest BCUT2D eigenvalue weighted by atomic mass is 16.5. The standard InChI is InChI=1S/C8H6O4.C6H10O4.C4H10O3.C2H6O2/c9-7(10)5-3-1-2-4-6(5)8(11)12;7-5(8)3-1-2-4-6(9)10;5-1-3-7-4-2-6;3-1-2-4/h1-4H,(H,9,10)(H,11,12);1-4H2,(H,7,8)(H,9,10);5-6H,1-4H2;3-4H,1-2H2. The van der Waals surface area contributed by atoms with E-state index in [9.17, 15) is 19.2 Å². The molecule has 0 amide bonds. The summed E-state index contributed by atoms with van der Waals surface area (Å²) in [5.74, 6) is -4.20. The number of aliphatic hydroxyl groups is 4. The van der Waals surface area contributed by atoms with Crippen molar-refractivity contribution in [2.45, 2.75) is 25.7 Å². The van der Waals surface area contributed by atoms with Crippen LogP contribution in [0.25, 0.3) is 0 Å². The van der Waals surface area contributed by atoms with E-state index in [-0.39, 0.29) is 50.4 Å². The molecule has 8 N–H and O–H groups in total. The molecule has 0 bridgehead atoms. The minimum atomic E-state index is -1.23. The minimum Gasteiger partial charge on any atom is -0.481 e. The van der Waals surface area contributed by atoms with Gasteiger partial charge in [-0.2, -0.15) is 0 Å². The molecular weight excluding hydrogens is 448 g/mol. The highest BCUT2D eigenvalue weighted by Gasteiger charge is 2.13. The van der Waals surface area contributed by atoms with E-state index in [1.807, 2.05) is 0 Å². The third kappa shape index (κ3) is 26.9. The lowest BCUT2D eigenvalue weighted by atomic mass is 10.1. The molecule has 0 aliphatic rings. The third-order valence-electron chi connectivity index (χ3n) is 2.99. The van der Waals surface area contributed by atoms with Gasteiger partial charge in [-0.05, 0) is 25.0 Å². The Bertz CT molecular complexity index is 606. The molecule has 0 radical (unpaired) electrons. The SMILES string of the molecule is O=C(O)CCCCC(=O)O.O=C(O)c1ccccc1C(=O)O.OCCO.OCCOCCO. The molecule has 0 aliphatic heterocycles. The third-order valence-corrected chi connectivity index (χ3v) is 2.99. The predicted molar refractivity (Wildman–Crippen MR) is 113 cm³/mol. The molecule has 0 fully saturated rings. The molecule has 0 aromatic heterocycles. The summed E-state index contributed by atoms with van der Waals surface area (Å²) < 4.78 is 4.63. The van der Waals surface area contributed by atoms with Gasteiger partial charge in [-0.25, -0.2) is 9.59 Å². The fourth-order valence-electron chi connectivity index (χ4n) is 1.64. The lowest BCUT2D eigenvalue weighted by Crippen LogP contribution is -2.06. The van der Waals surface area contributed by atoms with Gasteiger partial charge in [0.05, 0.1) is 50.8 Å². The molecule has 1 rings (SSSR count). The highest BCUT2D eigenvalue weighted by Crippen LogP contribution is 2.07. The van der Waals surface area contributed by atoms with Crippen molar-refractivity contribution in [3.63, 3.8) is 0 Å². The van der Waals surface area contributed by atoms with Gasteiger partial charge in [-0.3, -0.25) is 9.59 Å². The summed E-state index contributed by atoms with van der Waals surface area (Å²) in [5.41, 5.74) is -0.380. The van der Waals surface area contributed by atoms with Gasteiger partial charge in [0, 0.05) is 12.8 Å². The summed E-state index contributed by atoms with van der Waals surface area (Å²) in [7, 11) is 0. The van der Waals surface area contributed by atoms with Crippen molar-refractivity contribution in [3.05, 3.63) is 35.4 Å². The predicted octanol–water partition coefficient (Wildman–Crippen LogP) is -0.242. The number of hydrogen-bond donors (Lipinski definition) is 8. The molecule has 33 heavy (non-hydrogen) atoms. The quantitative estimate of drug-likeness (QED) is 0.180. The largest absolute Gasteiger partial charge is 0.481 e. The number of benzene rings is 1. The summed E-state index contributed by atoms with van der Waals surface area (Å²) in [6.07, 6.45) is 1.02. The molecule has 0 spiro atoms. The summed E-state index contributed by atoms with van der Waals surface area (Å²) in [4.78, 5) is 40.7. The van der Waals surface area contributed by atoms with E-state index in [1.54, 1.807) is 0 Å². The van der Waals surface area contributed by atoms with Gasteiger partial charge in [0.2, 0.25) is 0 Å². The first-order valence-corrected chi connectivity index (χ1v) is 9.59. The Labute approximate surface area is 190 Å². The smallest absolute Gasteiger partial charge is 0.336 e. The molecular formula is C20H32O13. The molecule has 0 unspecified atom stereocenters. The molecule has 1 aromatic rings. The number of unbranched alkanes of at least 4 members (excludes halogenated alkanes) is 1. The Balaban J connectivity index is -0.000000389. The van der Waals surface area contributed by atoms with Gasteiger partial charge in [-0.15, -0.1) is 0 Å². The maximum absolute atomic E-state index is 10.5. The lowest BCUT2D eigenvalue weighted by molar-refractivity contribution is -0.139. The minimum absolute atomic E-state index is 0.0278. The summed E-state index contributed by atoms with van der Waals surface area (Å²) in [6.45, 7) is 0.446. The van der Waals surface area contributed by atoms with Crippen LogP contribution in [0.2, 0.25) is 0 Å². The van der Waals surface area contributed by atoms with E-state index in [2.05, 4.69) is 4.74 Å². The lowest BCUT2D eigenvalue weighted by Gasteiger charge is -1.98. The van der Waals surface area contributed by atoms with Crippen molar-refractivity contribution in [1.29, 1.82) is 0 Å². The summed E-state index contributed by atoms with van der Waals surface area (Å²) in [5, 5.41) is 64.8. The fraction of sp³-hybridized carbons (Fsp3) is 0.500. The van der Waals surface area contributed by atoms with Crippen LogP contribution in [0, 0.1) is 0 Å². The van der Waals surface area contributed by atoms with Crippen molar-refractivity contribution < 1.29 is 64.8 Å². The Hall–Kier alpha value is -3.10. The van der Waals surface area contributed by atoms with Crippen molar-refractivity contribution in [2.75, 3.05) is 39.6 Å². The number of aliphatic carboxylic acids is 2. The molecule has 0 saturated carbocycles.